The molecule has 0 aromatic heterocycles. The lowest BCUT2D eigenvalue weighted by Gasteiger charge is -2.34. The summed E-state index contributed by atoms with van der Waals surface area (Å²) in [5, 5.41) is 0. The molecular formula is C17H30. The second-order valence-corrected chi connectivity index (χ2v) is 6.00. The first kappa shape index (κ1) is 16.2. The topological polar surface area (TPSA) is 0 Å². The van der Waals surface area contributed by atoms with Crippen LogP contribution in [0.1, 0.15) is 65.5 Å². The summed E-state index contributed by atoms with van der Waals surface area (Å²) in [6.45, 7) is 17.8. The van der Waals surface area contributed by atoms with E-state index in [2.05, 4.69) is 65.8 Å². The fourth-order valence-corrected chi connectivity index (χ4v) is 2.66. The summed E-state index contributed by atoms with van der Waals surface area (Å²) in [5.74, 6) is 1.32. The van der Waals surface area contributed by atoms with E-state index in [1.807, 2.05) is 13.8 Å². The van der Waals surface area contributed by atoms with Gasteiger partial charge in [-0.3, -0.25) is 0 Å². The maximum Gasteiger partial charge on any atom is -0.00902 e. The van der Waals surface area contributed by atoms with Crippen molar-refractivity contribution >= 4 is 0 Å². The Hall–Kier alpha value is -0.780. The van der Waals surface area contributed by atoms with E-state index in [0.717, 1.165) is 0 Å². The van der Waals surface area contributed by atoms with E-state index in [1.54, 1.807) is 0 Å². The predicted octanol–water partition coefficient (Wildman–Crippen LogP) is 5.81. The van der Waals surface area contributed by atoms with Crippen LogP contribution >= 0.6 is 0 Å². The van der Waals surface area contributed by atoms with Crippen molar-refractivity contribution in [3.63, 3.8) is 0 Å². The quantitative estimate of drug-likeness (QED) is 0.606. The molecule has 0 saturated carbocycles. The van der Waals surface area contributed by atoms with Crippen molar-refractivity contribution in [3.8, 4) is 0 Å². The van der Waals surface area contributed by atoms with Gasteiger partial charge in [0.1, 0.15) is 0 Å². The number of hydrogen-bond acceptors (Lipinski definition) is 0. The first-order valence-electron chi connectivity index (χ1n) is 6.89. The standard InChI is InChI=1S/C15H24.C2H6/c1-11(2)14(15(4,5)6)13-9-7-12(3)8-10-13;1-2/h7-11,14H,1-6H3;1-2H3. The smallest absolute Gasteiger partial charge is 0.00902 e. The summed E-state index contributed by atoms with van der Waals surface area (Å²) in [7, 11) is 0. The Bertz CT molecular complexity index is 298. The van der Waals surface area contributed by atoms with Crippen LogP contribution in [0.2, 0.25) is 0 Å². The minimum absolute atomic E-state index is 0.337. The minimum Gasteiger partial charge on any atom is -0.0683 e. The van der Waals surface area contributed by atoms with Gasteiger partial charge in [-0.25, -0.2) is 0 Å². The van der Waals surface area contributed by atoms with Gasteiger partial charge in [-0.1, -0.05) is 78.3 Å². The molecule has 1 aromatic rings. The molecule has 0 nitrogen and oxygen atoms in total. The van der Waals surface area contributed by atoms with E-state index < -0.39 is 0 Å². The first-order valence-corrected chi connectivity index (χ1v) is 6.89. The molecule has 0 spiro atoms. The summed E-state index contributed by atoms with van der Waals surface area (Å²) >= 11 is 0. The highest BCUT2D eigenvalue weighted by Crippen LogP contribution is 2.40. The molecule has 0 N–H and O–H groups in total. The van der Waals surface area contributed by atoms with E-state index in [4.69, 9.17) is 0 Å². The largest absolute Gasteiger partial charge is 0.0683 e. The van der Waals surface area contributed by atoms with Crippen LogP contribution in [0.5, 0.6) is 0 Å². The zero-order valence-corrected chi connectivity index (χ0v) is 13.0. The van der Waals surface area contributed by atoms with Crippen LogP contribution < -0.4 is 0 Å². The van der Waals surface area contributed by atoms with Crippen molar-refractivity contribution in [2.45, 2.75) is 61.3 Å². The molecular weight excluding hydrogens is 204 g/mol. The molecule has 0 bridgehead atoms. The zero-order chi connectivity index (χ0) is 13.6. The van der Waals surface area contributed by atoms with Crippen molar-refractivity contribution in [2.24, 2.45) is 11.3 Å². The SMILES string of the molecule is CC.Cc1ccc(C(C(C)C)C(C)(C)C)cc1. The lowest BCUT2D eigenvalue weighted by molar-refractivity contribution is 0.258. The Kier molecular flexibility index (Phi) is 6.52. The Morgan fingerprint density at radius 1 is 0.882 bits per heavy atom. The van der Waals surface area contributed by atoms with Crippen LogP contribution in [0.25, 0.3) is 0 Å². The van der Waals surface area contributed by atoms with Crippen molar-refractivity contribution in [1.29, 1.82) is 0 Å². The molecule has 0 saturated heterocycles. The molecule has 0 aliphatic carbocycles. The highest BCUT2D eigenvalue weighted by Gasteiger charge is 2.28. The summed E-state index contributed by atoms with van der Waals surface area (Å²) in [4.78, 5) is 0. The van der Waals surface area contributed by atoms with Crippen LogP contribution in [0, 0.1) is 18.3 Å². The van der Waals surface area contributed by atoms with Crippen molar-refractivity contribution in [3.05, 3.63) is 35.4 Å². The van der Waals surface area contributed by atoms with Gasteiger partial charge in [0.15, 0.2) is 0 Å². The van der Waals surface area contributed by atoms with Crippen molar-refractivity contribution in [1.82, 2.24) is 0 Å². The first-order chi connectivity index (χ1) is 7.82. The summed E-state index contributed by atoms with van der Waals surface area (Å²) in [5.41, 5.74) is 3.15. The Morgan fingerprint density at radius 3 is 1.59 bits per heavy atom. The molecule has 1 aromatic carbocycles. The molecule has 0 aliphatic heterocycles. The zero-order valence-electron chi connectivity index (χ0n) is 13.0. The van der Waals surface area contributed by atoms with E-state index in [0.29, 0.717) is 17.3 Å². The maximum atomic E-state index is 2.33. The second kappa shape index (κ2) is 6.83. The maximum absolute atomic E-state index is 2.33. The molecule has 17 heavy (non-hydrogen) atoms. The lowest BCUT2D eigenvalue weighted by atomic mass is 9.70. The van der Waals surface area contributed by atoms with E-state index in [9.17, 15) is 0 Å². The molecule has 98 valence electrons. The van der Waals surface area contributed by atoms with Crippen LogP contribution in [0.4, 0.5) is 0 Å². The molecule has 0 radical (unpaired) electrons. The number of benzene rings is 1. The second-order valence-electron chi connectivity index (χ2n) is 6.00. The summed E-state index contributed by atoms with van der Waals surface area (Å²) < 4.78 is 0. The summed E-state index contributed by atoms with van der Waals surface area (Å²) in [6.07, 6.45) is 0. The average Bonchev–Trinajstić information content (AvgIpc) is 2.22. The van der Waals surface area contributed by atoms with Gasteiger partial charge in [-0.05, 0) is 29.7 Å². The molecule has 0 heteroatoms. The van der Waals surface area contributed by atoms with E-state index in [-0.39, 0.29) is 0 Å². The Morgan fingerprint density at radius 2 is 1.29 bits per heavy atom. The molecule has 1 rings (SSSR count). The molecule has 1 unspecified atom stereocenters. The Balaban J connectivity index is 0.00000121. The number of rotatable bonds is 2. The molecule has 0 heterocycles. The fraction of sp³-hybridized carbons (Fsp3) is 0.647. The monoisotopic (exact) mass is 234 g/mol. The van der Waals surface area contributed by atoms with Crippen LogP contribution in [-0.2, 0) is 0 Å². The Labute approximate surface area is 108 Å². The van der Waals surface area contributed by atoms with Crippen LogP contribution in [0.3, 0.4) is 0 Å². The molecule has 1 atom stereocenters. The highest BCUT2D eigenvalue weighted by atomic mass is 14.3. The third kappa shape index (κ3) is 4.93. The van der Waals surface area contributed by atoms with Gasteiger partial charge in [0.05, 0.1) is 0 Å². The molecule has 0 amide bonds. The van der Waals surface area contributed by atoms with Crippen molar-refractivity contribution in [2.75, 3.05) is 0 Å². The number of aryl methyl sites for hydroxylation is 1. The van der Waals surface area contributed by atoms with Gasteiger partial charge in [-0.15, -0.1) is 0 Å². The van der Waals surface area contributed by atoms with E-state index >= 15 is 0 Å². The van der Waals surface area contributed by atoms with Gasteiger partial charge in [0.2, 0.25) is 0 Å². The van der Waals surface area contributed by atoms with Gasteiger partial charge in [0, 0.05) is 0 Å². The van der Waals surface area contributed by atoms with Gasteiger partial charge in [-0.2, -0.15) is 0 Å². The minimum atomic E-state index is 0.337. The van der Waals surface area contributed by atoms with E-state index in [1.165, 1.54) is 11.1 Å². The predicted molar refractivity (Wildman–Crippen MR) is 79.6 cm³/mol. The van der Waals surface area contributed by atoms with Crippen LogP contribution in [-0.4, -0.2) is 0 Å². The number of hydrogen-bond donors (Lipinski definition) is 0. The fourth-order valence-electron chi connectivity index (χ4n) is 2.66. The van der Waals surface area contributed by atoms with Gasteiger partial charge < -0.3 is 0 Å². The third-order valence-corrected chi connectivity index (χ3v) is 3.04. The van der Waals surface area contributed by atoms with Crippen molar-refractivity contribution < 1.29 is 0 Å². The third-order valence-electron chi connectivity index (χ3n) is 3.04. The molecule has 0 fully saturated rings. The summed E-state index contributed by atoms with van der Waals surface area (Å²) in [6, 6.07) is 9.00. The normalized spacial score (nSPS) is 13.0. The van der Waals surface area contributed by atoms with Gasteiger partial charge >= 0.3 is 0 Å². The molecule has 0 aliphatic rings. The van der Waals surface area contributed by atoms with Crippen LogP contribution in [0.15, 0.2) is 24.3 Å². The average molecular weight is 234 g/mol. The van der Waals surface area contributed by atoms with Gasteiger partial charge in [0.25, 0.3) is 0 Å². The lowest BCUT2D eigenvalue weighted by Crippen LogP contribution is -2.23. The highest BCUT2D eigenvalue weighted by molar-refractivity contribution is 5.26.